The molecule has 0 aliphatic heterocycles. The second-order valence-corrected chi connectivity index (χ2v) is 2.74. The minimum Gasteiger partial charge on any atom is -0.265 e. The summed E-state index contributed by atoms with van der Waals surface area (Å²) in [5, 5.41) is 0. The molecule has 0 aromatic carbocycles. The van der Waals surface area contributed by atoms with Gasteiger partial charge in [-0.3, -0.25) is 4.98 Å². The van der Waals surface area contributed by atoms with Crippen molar-refractivity contribution in [1.82, 2.24) is 4.98 Å². The molecule has 1 aliphatic rings. The van der Waals surface area contributed by atoms with Crippen molar-refractivity contribution in [3.63, 3.8) is 0 Å². The van der Waals surface area contributed by atoms with E-state index >= 15 is 0 Å². The van der Waals surface area contributed by atoms with Gasteiger partial charge < -0.3 is 0 Å². The lowest BCUT2D eigenvalue weighted by Gasteiger charge is -2.06. The zero-order chi connectivity index (χ0) is 7.52. The largest absolute Gasteiger partial charge is 0.265 e. The summed E-state index contributed by atoms with van der Waals surface area (Å²) in [6.45, 7) is 0. The van der Waals surface area contributed by atoms with Crippen molar-refractivity contribution >= 4 is 0 Å². The summed E-state index contributed by atoms with van der Waals surface area (Å²) < 4.78 is 0. The first-order valence-electron chi connectivity index (χ1n) is 3.82. The quantitative estimate of drug-likeness (QED) is 0.548. The number of nitrogens with zero attached hydrogens (tertiary/aromatic N) is 1. The molecule has 0 unspecified atom stereocenters. The molecule has 0 saturated heterocycles. The van der Waals surface area contributed by atoms with Crippen LogP contribution in [0.25, 0.3) is 0 Å². The molecule has 0 amide bonds. The Morgan fingerprint density at radius 3 is 2.45 bits per heavy atom. The fraction of sp³-hybridized carbons (Fsp3) is 0.300. The topological polar surface area (TPSA) is 12.9 Å². The molecule has 0 bridgehead atoms. The lowest BCUT2D eigenvalue weighted by Crippen LogP contribution is -1.92. The molecule has 2 rings (SSSR count). The number of hydrogen-bond donors (Lipinski definition) is 0. The Morgan fingerprint density at radius 2 is 1.82 bits per heavy atom. The van der Waals surface area contributed by atoms with Crippen molar-refractivity contribution in [2.24, 2.45) is 0 Å². The minimum absolute atomic E-state index is 0.609. The molecule has 0 N–H and O–H groups in total. The summed E-state index contributed by atoms with van der Waals surface area (Å²) in [4.78, 5) is 3.98. The predicted octanol–water partition coefficient (Wildman–Crippen LogP) is 1.96. The molecule has 11 heavy (non-hydrogen) atoms. The van der Waals surface area contributed by atoms with Crippen LogP contribution in [0.2, 0.25) is 0 Å². The fourth-order valence-electron chi connectivity index (χ4n) is 1.33. The van der Waals surface area contributed by atoms with E-state index in [1.165, 1.54) is 5.56 Å². The Bertz CT molecular complexity index is 282. The third-order valence-electron chi connectivity index (χ3n) is 2.00. The summed E-state index contributed by atoms with van der Waals surface area (Å²) in [5.74, 6) is 6.81. The molecular formula is C10H9N. The van der Waals surface area contributed by atoms with E-state index in [-0.39, 0.29) is 0 Å². The first-order valence-corrected chi connectivity index (χ1v) is 3.82. The Balaban J connectivity index is 2.18. The van der Waals surface area contributed by atoms with E-state index < -0.39 is 0 Å². The normalized spacial score (nSPS) is 16.0. The highest BCUT2D eigenvalue weighted by atomic mass is 14.6. The van der Waals surface area contributed by atoms with Gasteiger partial charge in [-0.05, 0) is 17.7 Å². The molecule has 1 heterocycles. The first-order chi connectivity index (χ1) is 5.47. The predicted molar refractivity (Wildman–Crippen MR) is 44.0 cm³/mol. The number of hydrogen-bond acceptors (Lipinski definition) is 1. The van der Waals surface area contributed by atoms with Gasteiger partial charge in [0.15, 0.2) is 0 Å². The van der Waals surface area contributed by atoms with Crippen LogP contribution >= 0.6 is 0 Å². The van der Waals surface area contributed by atoms with Gasteiger partial charge in [0.1, 0.15) is 0 Å². The third kappa shape index (κ3) is 1.25. The smallest absolute Gasteiger partial charge is 0.0270 e. The Labute approximate surface area is 66.5 Å². The lowest BCUT2D eigenvalue weighted by molar-refractivity contribution is 0.760. The van der Waals surface area contributed by atoms with Gasteiger partial charge in [0, 0.05) is 31.2 Å². The Morgan fingerprint density at radius 1 is 1.18 bits per heavy atom. The van der Waals surface area contributed by atoms with Crippen LogP contribution in [-0.2, 0) is 0 Å². The average Bonchev–Trinajstić information content (AvgIpc) is 2.58. The van der Waals surface area contributed by atoms with Crippen LogP contribution in [0.1, 0.15) is 24.3 Å². The Kier molecular flexibility index (Phi) is 1.61. The molecule has 1 aromatic rings. The molecule has 0 radical (unpaired) electrons. The van der Waals surface area contributed by atoms with Gasteiger partial charge in [-0.2, -0.15) is 0 Å². The van der Waals surface area contributed by atoms with Crippen molar-refractivity contribution < 1.29 is 0 Å². The molecular weight excluding hydrogens is 134 g/mol. The van der Waals surface area contributed by atoms with Gasteiger partial charge in [0.05, 0.1) is 0 Å². The van der Waals surface area contributed by atoms with Gasteiger partial charge >= 0.3 is 0 Å². The molecule has 54 valence electrons. The van der Waals surface area contributed by atoms with E-state index in [0.717, 1.165) is 12.8 Å². The lowest BCUT2D eigenvalue weighted by atomic mass is 9.98. The molecule has 1 heteroatoms. The maximum Gasteiger partial charge on any atom is 0.0270 e. The monoisotopic (exact) mass is 143 g/mol. The number of rotatable bonds is 1. The van der Waals surface area contributed by atoms with Gasteiger partial charge in [-0.25, -0.2) is 0 Å². The van der Waals surface area contributed by atoms with Crippen LogP contribution in [0.3, 0.4) is 0 Å². The highest BCUT2D eigenvalue weighted by Crippen LogP contribution is 2.24. The SMILES string of the molecule is C1#CCC(c2ccncc2)C1. The molecule has 1 aromatic heterocycles. The summed E-state index contributed by atoms with van der Waals surface area (Å²) in [5.41, 5.74) is 1.36. The summed E-state index contributed by atoms with van der Waals surface area (Å²) >= 11 is 0. The van der Waals surface area contributed by atoms with Crippen LogP contribution in [0.4, 0.5) is 0 Å². The molecule has 0 saturated carbocycles. The van der Waals surface area contributed by atoms with Crippen LogP contribution in [0.5, 0.6) is 0 Å². The average molecular weight is 143 g/mol. The van der Waals surface area contributed by atoms with Crippen molar-refractivity contribution in [3.8, 4) is 11.8 Å². The van der Waals surface area contributed by atoms with Crippen molar-refractivity contribution in [3.05, 3.63) is 30.1 Å². The molecule has 1 aliphatic carbocycles. The third-order valence-corrected chi connectivity index (χ3v) is 2.00. The van der Waals surface area contributed by atoms with E-state index in [0.29, 0.717) is 5.92 Å². The molecule has 0 spiro atoms. The zero-order valence-corrected chi connectivity index (χ0v) is 6.25. The van der Waals surface area contributed by atoms with Crippen molar-refractivity contribution in [1.29, 1.82) is 0 Å². The number of aromatic nitrogens is 1. The van der Waals surface area contributed by atoms with Crippen LogP contribution in [0, 0.1) is 11.8 Å². The second-order valence-electron chi connectivity index (χ2n) is 2.74. The maximum absolute atomic E-state index is 3.98. The molecule has 1 nitrogen and oxygen atoms in total. The number of pyridine rings is 1. The van der Waals surface area contributed by atoms with Gasteiger partial charge in [-0.15, -0.1) is 11.8 Å². The minimum atomic E-state index is 0.609. The second kappa shape index (κ2) is 2.75. The molecule has 0 atom stereocenters. The summed E-state index contributed by atoms with van der Waals surface area (Å²) in [7, 11) is 0. The maximum atomic E-state index is 3.98. The van der Waals surface area contributed by atoms with Crippen molar-refractivity contribution in [2.75, 3.05) is 0 Å². The van der Waals surface area contributed by atoms with Crippen LogP contribution < -0.4 is 0 Å². The van der Waals surface area contributed by atoms with Crippen LogP contribution in [-0.4, -0.2) is 4.98 Å². The van der Waals surface area contributed by atoms with Gasteiger partial charge in [-0.1, -0.05) is 0 Å². The zero-order valence-electron chi connectivity index (χ0n) is 6.25. The Hall–Kier alpha value is -1.29. The first kappa shape index (κ1) is 6.42. The van der Waals surface area contributed by atoms with Crippen LogP contribution in [0.15, 0.2) is 24.5 Å². The van der Waals surface area contributed by atoms with E-state index in [1.807, 2.05) is 12.4 Å². The van der Waals surface area contributed by atoms with E-state index in [1.54, 1.807) is 0 Å². The summed E-state index contributed by atoms with van der Waals surface area (Å²) in [6, 6.07) is 4.14. The van der Waals surface area contributed by atoms with E-state index in [2.05, 4.69) is 29.0 Å². The standard InChI is InChI=1S/C10H9N/c1-2-4-9(3-1)10-5-7-11-8-6-10/h5-9H,3-4H2. The van der Waals surface area contributed by atoms with Crippen molar-refractivity contribution in [2.45, 2.75) is 18.8 Å². The fourth-order valence-corrected chi connectivity index (χ4v) is 1.33. The summed E-state index contributed by atoms with van der Waals surface area (Å²) in [6.07, 6.45) is 5.72. The van der Waals surface area contributed by atoms with E-state index in [4.69, 9.17) is 0 Å². The highest BCUT2D eigenvalue weighted by Gasteiger charge is 2.11. The van der Waals surface area contributed by atoms with Gasteiger partial charge in [0.2, 0.25) is 0 Å². The molecule has 0 fully saturated rings. The van der Waals surface area contributed by atoms with Gasteiger partial charge in [0.25, 0.3) is 0 Å². The highest BCUT2D eigenvalue weighted by molar-refractivity contribution is 5.24. The van der Waals surface area contributed by atoms with E-state index in [9.17, 15) is 0 Å².